The van der Waals surface area contributed by atoms with E-state index in [0.717, 1.165) is 0 Å². The molecule has 0 aromatic rings. The first kappa shape index (κ1) is 13.5. The van der Waals surface area contributed by atoms with E-state index in [4.69, 9.17) is 26.0 Å². The molecular formula is C3H11NO7P2. The highest BCUT2D eigenvalue weighted by molar-refractivity contribution is 7.66. The average Bonchev–Trinajstić information content (AvgIpc) is 2.15. The third-order valence-electron chi connectivity index (χ3n) is 1.25. The summed E-state index contributed by atoms with van der Waals surface area (Å²) in [4.78, 5) is 17.9. The molecule has 0 saturated heterocycles. The molecule has 13 heavy (non-hydrogen) atoms. The molecule has 10 heteroatoms. The van der Waals surface area contributed by atoms with Crippen LogP contribution >= 0.6 is 16.8 Å². The number of rotatable bonds is 6. The molecule has 0 aliphatic carbocycles. The van der Waals surface area contributed by atoms with Crippen molar-refractivity contribution in [1.82, 2.24) is 0 Å². The number of nitrogens with two attached hydrogens (primary N) is 1. The highest BCUT2D eigenvalue weighted by Gasteiger charge is 2.47. The maximum absolute atomic E-state index is 9.46. The van der Waals surface area contributed by atoms with Gasteiger partial charge in [0.25, 0.3) is 0 Å². The summed E-state index contributed by atoms with van der Waals surface area (Å²) in [6.07, 6.45) is -0.293. The predicted octanol–water partition coefficient (Wildman–Crippen LogP) is -0.431. The van der Waals surface area contributed by atoms with Gasteiger partial charge in [-0.1, -0.05) is 0 Å². The van der Waals surface area contributed by atoms with Gasteiger partial charge in [0.1, 0.15) is 0 Å². The first-order valence-electron chi connectivity index (χ1n) is 3.06. The second-order valence-corrected chi connectivity index (χ2v) is 5.27. The van der Waals surface area contributed by atoms with Crippen molar-refractivity contribution in [3.8, 4) is 0 Å². The van der Waals surface area contributed by atoms with E-state index in [1.807, 2.05) is 0 Å². The quantitative estimate of drug-likeness (QED) is 0.206. The highest BCUT2D eigenvalue weighted by atomic mass is 31.2. The Bertz CT molecular complexity index is 138. The van der Waals surface area contributed by atoms with Crippen molar-refractivity contribution in [3.05, 3.63) is 0 Å². The molecule has 0 saturated carbocycles. The molecule has 0 aliphatic heterocycles. The van der Waals surface area contributed by atoms with Gasteiger partial charge < -0.3 is 20.6 Å². The summed E-state index contributed by atoms with van der Waals surface area (Å²) in [5, 5.41) is 23.4. The SMILES string of the molecule is NCCC(O)(P(O)OO)P(O)OO. The van der Waals surface area contributed by atoms with Crippen molar-refractivity contribution in [2.75, 3.05) is 6.54 Å². The monoisotopic (exact) mass is 235 g/mol. The third-order valence-corrected chi connectivity index (χ3v) is 4.26. The molecule has 2 atom stereocenters. The van der Waals surface area contributed by atoms with Gasteiger partial charge in [-0.15, -0.1) is 0 Å². The molecule has 0 heterocycles. The Morgan fingerprint density at radius 1 is 1.15 bits per heavy atom. The van der Waals surface area contributed by atoms with Crippen LogP contribution in [0.1, 0.15) is 6.42 Å². The van der Waals surface area contributed by atoms with Gasteiger partial charge in [-0.05, 0) is 6.54 Å². The number of hydrogen-bond donors (Lipinski definition) is 6. The van der Waals surface area contributed by atoms with Crippen LogP contribution in [-0.2, 0) is 9.35 Å². The van der Waals surface area contributed by atoms with Crippen molar-refractivity contribution >= 4 is 16.8 Å². The van der Waals surface area contributed by atoms with E-state index in [2.05, 4.69) is 9.35 Å². The summed E-state index contributed by atoms with van der Waals surface area (Å²) in [6, 6.07) is 0. The first-order valence-corrected chi connectivity index (χ1v) is 5.49. The molecule has 0 aliphatic rings. The highest BCUT2D eigenvalue weighted by Crippen LogP contribution is 2.63. The fourth-order valence-corrected chi connectivity index (χ4v) is 2.30. The van der Waals surface area contributed by atoms with E-state index >= 15 is 0 Å². The molecule has 80 valence electrons. The van der Waals surface area contributed by atoms with Crippen LogP contribution in [0.5, 0.6) is 0 Å². The Hall–Kier alpha value is 0.540. The topological polar surface area (TPSA) is 146 Å². The Balaban J connectivity index is 4.50. The van der Waals surface area contributed by atoms with E-state index < -0.39 is 21.8 Å². The van der Waals surface area contributed by atoms with E-state index in [1.54, 1.807) is 0 Å². The molecule has 0 fully saturated rings. The maximum atomic E-state index is 9.46. The molecule has 0 amide bonds. The first-order chi connectivity index (χ1) is 6.02. The summed E-state index contributed by atoms with van der Waals surface area (Å²) >= 11 is 0. The zero-order valence-electron chi connectivity index (χ0n) is 6.44. The molecule has 8 nitrogen and oxygen atoms in total. The van der Waals surface area contributed by atoms with E-state index in [9.17, 15) is 5.11 Å². The van der Waals surface area contributed by atoms with Crippen LogP contribution in [0.3, 0.4) is 0 Å². The standard InChI is InChI=1S/C3H11NO7P2/c4-2-1-3(5,12(8)10-6)13(9)11-7/h5-9H,1-2,4H2. The average molecular weight is 235 g/mol. The third kappa shape index (κ3) is 3.30. The lowest BCUT2D eigenvalue weighted by atomic mass is 10.5. The molecular weight excluding hydrogens is 224 g/mol. The fraction of sp³-hybridized carbons (Fsp3) is 1.00. The largest absolute Gasteiger partial charge is 0.372 e. The second kappa shape index (κ2) is 6.10. The normalized spacial score (nSPS) is 20.8. The smallest absolute Gasteiger partial charge is 0.248 e. The van der Waals surface area contributed by atoms with Gasteiger partial charge in [0.2, 0.25) is 21.8 Å². The van der Waals surface area contributed by atoms with Crippen LogP contribution in [0.2, 0.25) is 0 Å². The number of aliphatic hydroxyl groups is 1. The molecule has 0 aromatic carbocycles. The second-order valence-electron chi connectivity index (χ2n) is 2.02. The Labute approximate surface area is 76.2 Å². The van der Waals surface area contributed by atoms with Crippen LogP contribution < -0.4 is 5.73 Å². The predicted molar refractivity (Wildman–Crippen MR) is 44.3 cm³/mol. The van der Waals surface area contributed by atoms with Crippen molar-refractivity contribution in [2.45, 2.75) is 11.5 Å². The fourth-order valence-electron chi connectivity index (χ4n) is 0.589. The molecule has 0 bridgehead atoms. The number of hydrogen-bond acceptors (Lipinski definition) is 8. The van der Waals surface area contributed by atoms with Gasteiger partial charge in [-0.3, -0.25) is 0 Å². The molecule has 2 unspecified atom stereocenters. The van der Waals surface area contributed by atoms with Crippen LogP contribution in [0, 0.1) is 0 Å². The Morgan fingerprint density at radius 3 is 1.77 bits per heavy atom. The van der Waals surface area contributed by atoms with Crippen LogP contribution in [-0.4, -0.2) is 37.0 Å². The lowest BCUT2D eigenvalue weighted by molar-refractivity contribution is -0.153. The van der Waals surface area contributed by atoms with Crippen molar-refractivity contribution in [3.63, 3.8) is 0 Å². The maximum Gasteiger partial charge on any atom is 0.248 e. The van der Waals surface area contributed by atoms with Gasteiger partial charge in [-0.25, -0.2) is 10.5 Å². The van der Waals surface area contributed by atoms with Crippen LogP contribution in [0.4, 0.5) is 0 Å². The van der Waals surface area contributed by atoms with Crippen LogP contribution in [0.25, 0.3) is 0 Å². The van der Waals surface area contributed by atoms with Crippen LogP contribution in [0.15, 0.2) is 0 Å². The van der Waals surface area contributed by atoms with E-state index in [0.29, 0.717) is 0 Å². The Morgan fingerprint density at radius 2 is 1.54 bits per heavy atom. The van der Waals surface area contributed by atoms with E-state index in [1.165, 1.54) is 0 Å². The minimum absolute atomic E-state index is 0.0952. The van der Waals surface area contributed by atoms with Crippen molar-refractivity contribution in [2.24, 2.45) is 5.73 Å². The molecule has 0 rings (SSSR count). The van der Waals surface area contributed by atoms with Crippen molar-refractivity contribution in [1.29, 1.82) is 0 Å². The molecule has 0 radical (unpaired) electrons. The summed E-state index contributed by atoms with van der Waals surface area (Å²) in [5.74, 6) is 0. The van der Waals surface area contributed by atoms with E-state index in [-0.39, 0.29) is 13.0 Å². The summed E-state index contributed by atoms with van der Waals surface area (Å²) in [7, 11) is -5.50. The molecule has 0 spiro atoms. The zero-order valence-corrected chi connectivity index (χ0v) is 8.23. The molecule has 7 N–H and O–H groups in total. The van der Waals surface area contributed by atoms with Crippen molar-refractivity contribution < 1.29 is 34.8 Å². The van der Waals surface area contributed by atoms with Gasteiger partial charge in [0.15, 0.2) is 0 Å². The lowest BCUT2D eigenvalue weighted by Crippen LogP contribution is -2.28. The summed E-state index contributed by atoms with van der Waals surface area (Å²) in [6.45, 7) is -0.0952. The minimum atomic E-state index is -2.75. The zero-order chi connectivity index (χ0) is 10.5. The van der Waals surface area contributed by atoms with Gasteiger partial charge in [0.05, 0.1) is 0 Å². The van der Waals surface area contributed by atoms with Gasteiger partial charge >= 0.3 is 0 Å². The lowest BCUT2D eigenvalue weighted by Gasteiger charge is -2.30. The van der Waals surface area contributed by atoms with Gasteiger partial charge in [0, 0.05) is 6.42 Å². The molecule has 0 aromatic heterocycles. The summed E-state index contributed by atoms with van der Waals surface area (Å²) < 4.78 is 6.94. The minimum Gasteiger partial charge on any atom is -0.372 e. The van der Waals surface area contributed by atoms with Gasteiger partial charge in [-0.2, -0.15) is 9.35 Å². The Kier molecular flexibility index (Phi) is 6.36. The summed E-state index contributed by atoms with van der Waals surface area (Å²) in [5.41, 5.74) is 5.06.